The Morgan fingerprint density at radius 2 is 1.21 bits per heavy atom. The smallest absolute Gasteiger partial charge is 0.334 e. The van der Waals surface area contributed by atoms with Gasteiger partial charge in [-0.3, -0.25) is 0 Å². The van der Waals surface area contributed by atoms with E-state index in [1.807, 2.05) is 27.7 Å². The lowest BCUT2D eigenvalue weighted by Gasteiger charge is -2.34. The normalized spacial score (nSPS) is 22.5. The Morgan fingerprint density at radius 1 is 0.875 bits per heavy atom. The third-order valence-corrected chi connectivity index (χ3v) is 4.97. The van der Waals surface area contributed by atoms with Gasteiger partial charge in [0.15, 0.2) is 0 Å². The van der Waals surface area contributed by atoms with Crippen molar-refractivity contribution >= 4 is 11.9 Å². The van der Waals surface area contributed by atoms with E-state index in [0.29, 0.717) is 11.1 Å². The van der Waals surface area contributed by atoms with E-state index in [1.165, 1.54) is 0 Å². The summed E-state index contributed by atoms with van der Waals surface area (Å²) < 4.78 is 10.2. The molecule has 0 unspecified atom stereocenters. The minimum Gasteiger partial charge on any atom is -0.463 e. The van der Waals surface area contributed by atoms with Crippen LogP contribution in [0.5, 0.6) is 0 Å². The number of hydrogen-bond acceptors (Lipinski definition) is 5. The Bertz CT molecular complexity index is 575. The van der Waals surface area contributed by atoms with Crippen molar-refractivity contribution in [1.29, 1.82) is 0 Å². The van der Waals surface area contributed by atoms with Gasteiger partial charge in [-0.15, -0.1) is 10.3 Å². The van der Waals surface area contributed by atoms with Crippen LogP contribution < -0.4 is 0 Å². The summed E-state index contributed by atoms with van der Waals surface area (Å²) in [4.78, 5) is 24.7. The van der Waals surface area contributed by atoms with Gasteiger partial charge in [-0.25, -0.2) is 9.59 Å². The first kappa shape index (κ1) is 18.7. The number of ether oxygens (including phenoxy) is 2. The topological polar surface area (TPSA) is 75.7 Å². The van der Waals surface area contributed by atoms with Gasteiger partial charge in [0.2, 0.25) is 0 Å². The minimum absolute atomic E-state index is 0.229. The molecule has 133 valence electrons. The largest absolute Gasteiger partial charge is 0.463 e. The highest BCUT2D eigenvalue weighted by atomic mass is 16.5. The van der Waals surface area contributed by atoms with E-state index in [2.05, 4.69) is 0 Å². The van der Waals surface area contributed by atoms with Crippen molar-refractivity contribution in [1.82, 2.24) is 5.06 Å². The summed E-state index contributed by atoms with van der Waals surface area (Å²) >= 11 is 0. The van der Waals surface area contributed by atoms with Crippen LogP contribution in [0.15, 0.2) is 22.3 Å². The van der Waals surface area contributed by atoms with E-state index in [1.54, 1.807) is 13.8 Å². The molecule has 2 aliphatic rings. The second-order valence-electron chi connectivity index (χ2n) is 7.12. The summed E-state index contributed by atoms with van der Waals surface area (Å²) in [5.74, 6) is -1.02. The number of hydrogen-bond donors (Lipinski definition) is 0. The molecule has 0 saturated carbocycles. The molecule has 24 heavy (non-hydrogen) atoms. The quantitative estimate of drug-likeness (QED) is 0.583. The summed E-state index contributed by atoms with van der Waals surface area (Å²) in [6.07, 6.45) is 0.495. The number of esters is 2. The van der Waals surface area contributed by atoms with Gasteiger partial charge in [-0.2, -0.15) is 0 Å². The molecule has 1 aliphatic heterocycles. The molecule has 0 amide bonds. The maximum atomic E-state index is 12.7. The maximum absolute atomic E-state index is 12.7. The van der Waals surface area contributed by atoms with Crippen LogP contribution in [0.4, 0.5) is 0 Å². The molecule has 6 nitrogen and oxygen atoms in total. The predicted octanol–water partition coefficient (Wildman–Crippen LogP) is 2.72. The first-order valence-electron chi connectivity index (χ1n) is 8.35. The van der Waals surface area contributed by atoms with E-state index in [-0.39, 0.29) is 26.1 Å². The van der Waals surface area contributed by atoms with E-state index in [0.717, 1.165) is 16.2 Å². The molecule has 0 saturated heterocycles. The Hall–Kier alpha value is -1.66. The number of hydroxylamine groups is 2. The predicted molar refractivity (Wildman–Crippen MR) is 87.2 cm³/mol. The molecule has 2 rings (SSSR count). The lowest BCUT2D eigenvalue weighted by Crippen LogP contribution is -2.47. The van der Waals surface area contributed by atoms with E-state index in [9.17, 15) is 14.8 Å². The zero-order chi connectivity index (χ0) is 18.3. The van der Waals surface area contributed by atoms with Gasteiger partial charge in [-0.05, 0) is 52.7 Å². The monoisotopic (exact) mass is 336 g/mol. The molecular formula is C18H26NO5. The second kappa shape index (κ2) is 6.33. The average Bonchev–Trinajstić information content (AvgIpc) is 2.65. The zero-order valence-corrected chi connectivity index (χ0v) is 15.3. The van der Waals surface area contributed by atoms with Crippen LogP contribution in [-0.4, -0.2) is 41.3 Å². The lowest BCUT2D eigenvalue weighted by atomic mass is 9.77. The van der Waals surface area contributed by atoms with E-state index in [4.69, 9.17) is 9.47 Å². The number of carbonyl (C=O) groups excluding carboxylic acids is 2. The summed E-state index contributed by atoms with van der Waals surface area (Å²) in [6.45, 7) is 11.3. The summed E-state index contributed by atoms with van der Waals surface area (Å²) in [6, 6.07) is 0. The highest BCUT2D eigenvalue weighted by molar-refractivity contribution is 6.02. The molecule has 1 heterocycles. The molecule has 0 aromatic heterocycles. The van der Waals surface area contributed by atoms with Crippen molar-refractivity contribution in [3.63, 3.8) is 0 Å². The van der Waals surface area contributed by atoms with Crippen molar-refractivity contribution < 1.29 is 24.3 Å². The Labute approximate surface area is 143 Å². The summed E-state index contributed by atoms with van der Waals surface area (Å²) in [5.41, 5.74) is 0.978. The van der Waals surface area contributed by atoms with Crippen LogP contribution in [0, 0.1) is 0 Å². The van der Waals surface area contributed by atoms with Gasteiger partial charge in [-0.1, -0.05) is 0 Å². The maximum Gasteiger partial charge on any atom is 0.334 e. The van der Waals surface area contributed by atoms with Crippen molar-refractivity contribution in [3.05, 3.63) is 22.3 Å². The summed E-state index contributed by atoms with van der Waals surface area (Å²) in [7, 11) is 0. The minimum atomic E-state index is -0.725. The molecule has 6 heteroatoms. The van der Waals surface area contributed by atoms with Crippen LogP contribution in [0.1, 0.15) is 54.4 Å². The van der Waals surface area contributed by atoms with Gasteiger partial charge in [0.25, 0.3) is 0 Å². The van der Waals surface area contributed by atoms with Crippen LogP contribution >= 0.6 is 0 Å². The Morgan fingerprint density at radius 3 is 1.50 bits per heavy atom. The fourth-order valence-corrected chi connectivity index (χ4v) is 3.72. The average molecular weight is 336 g/mol. The van der Waals surface area contributed by atoms with Crippen LogP contribution in [-0.2, 0) is 24.3 Å². The molecule has 0 spiro atoms. The molecule has 0 aromatic rings. The third kappa shape index (κ3) is 2.78. The van der Waals surface area contributed by atoms with Gasteiger partial charge in [0.1, 0.15) is 0 Å². The number of nitrogens with zero attached hydrogens (tertiary/aromatic N) is 1. The second-order valence-corrected chi connectivity index (χ2v) is 7.12. The standard InChI is InChI=1S/C18H26NO5/c1-7-23-15(20)11-9-13-14(10-12(11)16(21)24-8-2)18(5,6)19(22)17(13,3)4/h7-10H2,1-6H3. The SMILES string of the molecule is CCOC(=O)C1=C(C(=O)OCC)CC2=C(C1)C(C)(C)N([O])C2(C)C. The first-order valence-corrected chi connectivity index (χ1v) is 8.35. The Kier molecular flexibility index (Phi) is 4.93. The molecule has 1 aliphatic carbocycles. The highest BCUT2D eigenvalue weighted by Gasteiger charge is 2.53. The van der Waals surface area contributed by atoms with Crippen LogP contribution in [0.2, 0.25) is 0 Å². The fourth-order valence-electron chi connectivity index (χ4n) is 3.72. The van der Waals surface area contributed by atoms with Crippen LogP contribution in [0.25, 0.3) is 0 Å². The highest BCUT2D eigenvalue weighted by Crippen LogP contribution is 2.51. The Balaban J connectivity index is 2.50. The molecule has 1 radical (unpaired) electrons. The molecular weight excluding hydrogens is 310 g/mol. The molecule has 0 atom stereocenters. The van der Waals surface area contributed by atoms with E-state index >= 15 is 0 Å². The lowest BCUT2D eigenvalue weighted by molar-refractivity contribution is -0.240. The molecule has 0 fully saturated rings. The van der Waals surface area contributed by atoms with Gasteiger partial charge >= 0.3 is 11.9 Å². The first-order chi connectivity index (χ1) is 11.1. The number of carbonyl (C=O) groups is 2. The molecule has 0 aromatic carbocycles. The van der Waals surface area contributed by atoms with Gasteiger partial charge in [0.05, 0.1) is 35.4 Å². The third-order valence-electron chi connectivity index (χ3n) is 4.97. The van der Waals surface area contributed by atoms with Crippen molar-refractivity contribution in [2.45, 2.75) is 65.5 Å². The van der Waals surface area contributed by atoms with Gasteiger partial charge < -0.3 is 9.47 Å². The van der Waals surface area contributed by atoms with Crippen LogP contribution in [0.3, 0.4) is 0 Å². The number of rotatable bonds is 4. The summed E-state index contributed by atoms with van der Waals surface area (Å²) in [5, 5.41) is 13.8. The van der Waals surface area contributed by atoms with Crippen molar-refractivity contribution in [2.24, 2.45) is 0 Å². The van der Waals surface area contributed by atoms with Crippen molar-refractivity contribution in [2.75, 3.05) is 13.2 Å². The van der Waals surface area contributed by atoms with Crippen molar-refractivity contribution in [3.8, 4) is 0 Å². The van der Waals surface area contributed by atoms with E-state index < -0.39 is 23.0 Å². The van der Waals surface area contributed by atoms with Gasteiger partial charge in [0, 0.05) is 12.8 Å². The molecule has 0 bridgehead atoms. The zero-order valence-electron chi connectivity index (χ0n) is 15.3. The molecule has 0 N–H and O–H groups in total. The fraction of sp³-hybridized carbons (Fsp3) is 0.667.